The lowest BCUT2D eigenvalue weighted by atomic mass is 10.1. The number of nitrogens with one attached hydrogen (secondary N) is 1. The maximum absolute atomic E-state index is 14.0. The number of carbonyl (C=O) groups is 1. The van der Waals surface area contributed by atoms with Gasteiger partial charge in [-0.15, -0.1) is 0 Å². The average Bonchev–Trinajstić information content (AvgIpc) is 3.67. The van der Waals surface area contributed by atoms with Crippen molar-refractivity contribution < 1.29 is 40.6 Å². The topological polar surface area (TPSA) is 81.6 Å². The molecule has 2 heterocycles. The fourth-order valence-electron chi connectivity index (χ4n) is 3.80. The lowest BCUT2D eigenvalue weighted by molar-refractivity contribution is -0.192. The van der Waals surface area contributed by atoms with Crippen LogP contribution in [0.1, 0.15) is 18.4 Å². The second-order valence-corrected chi connectivity index (χ2v) is 8.87. The van der Waals surface area contributed by atoms with Crippen LogP contribution in [-0.2, 0) is 11.3 Å². The highest BCUT2D eigenvalue weighted by molar-refractivity contribution is 5.81. The molecule has 14 heteroatoms. The first-order chi connectivity index (χ1) is 17.9. The molecule has 7 nitrogen and oxygen atoms in total. The molecule has 2 N–H and O–H groups in total. The molecule has 5 rings (SSSR count). The Hall–Kier alpha value is -3.68. The predicted molar refractivity (Wildman–Crippen MR) is 124 cm³/mol. The van der Waals surface area contributed by atoms with Gasteiger partial charge in [-0.2, -0.15) is 13.2 Å². The van der Waals surface area contributed by atoms with Crippen molar-refractivity contribution in [3.63, 3.8) is 0 Å². The number of carboxylic acids is 1. The Kier molecular flexibility index (Phi) is 7.90. The lowest BCUT2D eigenvalue weighted by Gasteiger charge is -2.36. The minimum atomic E-state index is -5.08. The number of hydrogen-bond donors (Lipinski definition) is 2. The van der Waals surface area contributed by atoms with Gasteiger partial charge in [-0.3, -0.25) is 4.90 Å². The van der Waals surface area contributed by atoms with E-state index in [1.54, 1.807) is 0 Å². The van der Waals surface area contributed by atoms with Gasteiger partial charge in [-0.05, 0) is 31.0 Å². The Balaban J connectivity index is 0.000000426. The Morgan fingerprint density at radius 1 is 0.921 bits per heavy atom. The quantitative estimate of drug-likeness (QED) is 0.450. The summed E-state index contributed by atoms with van der Waals surface area (Å²) < 4.78 is 86.5. The molecule has 38 heavy (non-hydrogen) atoms. The van der Waals surface area contributed by atoms with E-state index >= 15 is 0 Å². The molecule has 1 aliphatic heterocycles. The van der Waals surface area contributed by atoms with Gasteiger partial charge in [0.25, 0.3) is 0 Å². The Bertz CT molecular complexity index is 1330. The molecule has 1 saturated heterocycles. The molecule has 204 valence electrons. The minimum Gasteiger partial charge on any atom is -0.475 e. The average molecular weight is 545 g/mol. The number of piperazine rings is 1. The van der Waals surface area contributed by atoms with E-state index in [2.05, 4.69) is 15.3 Å². The smallest absolute Gasteiger partial charge is 0.475 e. The number of aromatic nitrogens is 2. The van der Waals surface area contributed by atoms with Gasteiger partial charge in [0.1, 0.15) is 11.6 Å². The standard InChI is InChI=1S/C22H21F4N5.C2HF3O2/c23-14-1-4-16(24)13(9-14)12-30-5-7-31(8-6-30)22-21(27-15-2-3-15)28-19-10-17(25)18(26)11-20(19)29-22;3-2(4,5)1(6)7/h1,4,9-11,15H,2-3,5-8,12H2,(H,27,28);(H,6,7). The molecule has 3 aromatic rings. The highest BCUT2D eigenvalue weighted by atomic mass is 19.4. The van der Waals surface area contributed by atoms with Crippen molar-refractivity contribution in [1.29, 1.82) is 0 Å². The van der Waals surface area contributed by atoms with Crippen LogP contribution in [0.4, 0.5) is 42.4 Å². The molecular weight excluding hydrogens is 523 g/mol. The summed E-state index contributed by atoms with van der Waals surface area (Å²) in [5.41, 5.74) is 0.915. The van der Waals surface area contributed by atoms with Crippen molar-refractivity contribution in [2.75, 3.05) is 36.4 Å². The number of alkyl halides is 3. The maximum atomic E-state index is 14.0. The third-order valence-corrected chi connectivity index (χ3v) is 5.92. The normalized spacial score (nSPS) is 16.2. The van der Waals surface area contributed by atoms with E-state index in [0.29, 0.717) is 67.0 Å². The van der Waals surface area contributed by atoms with Crippen molar-refractivity contribution in [3.05, 3.63) is 59.2 Å². The highest BCUT2D eigenvalue weighted by Gasteiger charge is 2.38. The van der Waals surface area contributed by atoms with Crippen molar-refractivity contribution in [2.45, 2.75) is 31.6 Å². The Labute approximate surface area is 211 Å². The van der Waals surface area contributed by atoms with Gasteiger partial charge < -0.3 is 15.3 Å². The van der Waals surface area contributed by atoms with Gasteiger partial charge in [-0.1, -0.05) is 0 Å². The molecule has 2 aliphatic rings. The first kappa shape index (κ1) is 27.4. The largest absolute Gasteiger partial charge is 0.490 e. The van der Waals surface area contributed by atoms with Gasteiger partial charge >= 0.3 is 12.1 Å². The molecule has 0 amide bonds. The van der Waals surface area contributed by atoms with Gasteiger partial charge in [0.15, 0.2) is 23.3 Å². The second-order valence-electron chi connectivity index (χ2n) is 8.87. The van der Waals surface area contributed by atoms with E-state index in [1.807, 2.05) is 9.80 Å². The van der Waals surface area contributed by atoms with Crippen LogP contribution >= 0.6 is 0 Å². The van der Waals surface area contributed by atoms with Crippen LogP contribution in [0.25, 0.3) is 11.0 Å². The van der Waals surface area contributed by atoms with Crippen LogP contribution in [0.15, 0.2) is 30.3 Å². The molecule has 1 aliphatic carbocycles. The third-order valence-electron chi connectivity index (χ3n) is 5.92. The van der Waals surface area contributed by atoms with Crippen molar-refractivity contribution >= 4 is 28.6 Å². The summed E-state index contributed by atoms with van der Waals surface area (Å²) >= 11 is 0. The molecule has 0 spiro atoms. The molecule has 2 aromatic carbocycles. The van der Waals surface area contributed by atoms with Crippen molar-refractivity contribution in [1.82, 2.24) is 14.9 Å². The zero-order valence-corrected chi connectivity index (χ0v) is 19.7. The number of nitrogens with zero attached hydrogens (tertiary/aromatic N) is 4. The zero-order chi connectivity index (χ0) is 27.6. The molecule has 0 radical (unpaired) electrons. The summed E-state index contributed by atoms with van der Waals surface area (Å²) in [5, 5.41) is 10.5. The molecule has 2 fully saturated rings. The van der Waals surface area contributed by atoms with Gasteiger partial charge in [0.05, 0.1) is 11.0 Å². The molecule has 0 atom stereocenters. The van der Waals surface area contributed by atoms with Crippen LogP contribution in [0, 0.1) is 23.3 Å². The minimum absolute atomic E-state index is 0.291. The monoisotopic (exact) mass is 545 g/mol. The number of anilines is 2. The van der Waals surface area contributed by atoms with Gasteiger partial charge in [0.2, 0.25) is 0 Å². The van der Waals surface area contributed by atoms with Gasteiger partial charge in [-0.25, -0.2) is 32.3 Å². The Morgan fingerprint density at radius 2 is 1.50 bits per heavy atom. The van der Waals surface area contributed by atoms with E-state index in [1.165, 1.54) is 6.07 Å². The van der Waals surface area contributed by atoms with Crippen molar-refractivity contribution in [2.24, 2.45) is 0 Å². The molecule has 0 bridgehead atoms. The maximum Gasteiger partial charge on any atom is 0.490 e. The number of benzene rings is 2. The SMILES string of the molecule is Fc1ccc(F)c(CN2CCN(c3nc4cc(F)c(F)cc4nc3NC3CC3)CC2)c1.O=C(O)C(F)(F)F. The number of aliphatic carboxylic acids is 1. The number of hydrogen-bond acceptors (Lipinski definition) is 6. The molecule has 1 aromatic heterocycles. The number of rotatable bonds is 5. The van der Waals surface area contributed by atoms with E-state index in [-0.39, 0.29) is 0 Å². The van der Waals surface area contributed by atoms with E-state index < -0.39 is 35.4 Å². The molecule has 0 unspecified atom stereocenters. The lowest BCUT2D eigenvalue weighted by Crippen LogP contribution is -2.46. The van der Waals surface area contributed by atoms with E-state index in [9.17, 15) is 30.7 Å². The number of carboxylic acid groups (broad SMARTS) is 1. The Morgan fingerprint density at radius 3 is 2.05 bits per heavy atom. The van der Waals surface area contributed by atoms with Crippen LogP contribution in [0.2, 0.25) is 0 Å². The van der Waals surface area contributed by atoms with Crippen LogP contribution in [0.3, 0.4) is 0 Å². The van der Waals surface area contributed by atoms with E-state index in [4.69, 9.17) is 9.90 Å². The summed E-state index contributed by atoms with van der Waals surface area (Å²) in [5.74, 6) is -4.39. The van der Waals surface area contributed by atoms with Crippen LogP contribution < -0.4 is 10.2 Å². The van der Waals surface area contributed by atoms with Gasteiger partial charge in [0, 0.05) is 56.5 Å². The third kappa shape index (κ3) is 6.79. The number of fused-ring (bicyclic) bond motifs is 1. The zero-order valence-electron chi connectivity index (χ0n) is 19.7. The van der Waals surface area contributed by atoms with E-state index in [0.717, 1.165) is 37.1 Å². The highest BCUT2D eigenvalue weighted by Crippen LogP contribution is 2.32. The summed E-state index contributed by atoms with van der Waals surface area (Å²) in [6.45, 7) is 2.76. The second kappa shape index (κ2) is 11.0. The summed E-state index contributed by atoms with van der Waals surface area (Å²) in [7, 11) is 0. The summed E-state index contributed by atoms with van der Waals surface area (Å²) in [6.07, 6.45) is -3.02. The first-order valence-electron chi connectivity index (χ1n) is 11.6. The fourth-order valence-corrected chi connectivity index (χ4v) is 3.80. The molecular formula is C24H22F7N5O2. The molecule has 1 saturated carbocycles. The van der Waals surface area contributed by atoms with Crippen LogP contribution in [-0.4, -0.2) is 64.3 Å². The summed E-state index contributed by atoms with van der Waals surface area (Å²) in [4.78, 5) is 22.1. The summed E-state index contributed by atoms with van der Waals surface area (Å²) in [6, 6.07) is 5.91. The number of halogens is 7. The predicted octanol–water partition coefficient (Wildman–Crippen LogP) is 4.72. The first-order valence-corrected chi connectivity index (χ1v) is 11.6. The van der Waals surface area contributed by atoms with Crippen molar-refractivity contribution in [3.8, 4) is 0 Å². The fraction of sp³-hybridized carbons (Fsp3) is 0.375. The van der Waals surface area contributed by atoms with Crippen LogP contribution in [0.5, 0.6) is 0 Å².